The van der Waals surface area contributed by atoms with Crippen LogP contribution in [0.5, 0.6) is 11.5 Å². The highest BCUT2D eigenvalue weighted by atomic mass is 79.9. The Labute approximate surface area is 135 Å². The number of ether oxygens (including phenoxy) is 2. The van der Waals surface area contributed by atoms with Crippen molar-refractivity contribution in [3.63, 3.8) is 0 Å². The lowest BCUT2D eigenvalue weighted by Gasteiger charge is -2.20. The third-order valence-electron chi connectivity index (χ3n) is 3.02. The van der Waals surface area contributed by atoms with Crippen LogP contribution in [0.4, 0.5) is 10.1 Å². The maximum absolute atomic E-state index is 13.3. The highest BCUT2D eigenvalue weighted by Crippen LogP contribution is 2.38. The molecule has 21 heavy (non-hydrogen) atoms. The van der Waals surface area contributed by atoms with Crippen LogP contribution in [0, 0.1) is 5.82 Å². The van der Waals surface area contributed by atoms with Crippen molar-refractivity contribution in [1.82, 2.24) is 0 Å². The lowest BCUT2D eigenvalue weighted by Crippen LogP contribution is -2.16. The molecule has 1 N–H and O–H groups in total. The van der Waals surface area contributed by atoms with Crippen LogP contribution < -0.4 is 14.8 Å². The molecule has 0 saturated carbocycles. The Hall–Kier alpha value is -1.46. The van der Waals surface area contributed by atoms with Crippen LogP contribution in [-0.2, 0) is 6.54 Å². The fourth-order valence-electron chi connectivity index (χ4n) is 2.13. The molecule has 3 nitrogen and oxygen atoms in total. The van der Waals surface area contributed by atoms with Gasteiger partial charge in [-0.25, -0.2) is 4.39 Å². The number of fused-ring (bicyclic) bond motifs is 1. The molecule has 0 aromatic heterocycles. The number of nitrogens with one attached hydrogen (secondary N) is 1. The topological polar surface area (TPSA) is 30.5 Å². The highest BCUT2D eigenvalue weighted by Gasteiger charge is 2.16. The Balaban J connectivity index is 1.77. The second kappa shape index (κ2) is 6.12. The standard InChI is InChI=1S/C15H12BrClFNO2/c16-13-3-9(4-14-15(13)21-2-1-20-14)8-19-12-6-10(17)5-11(18)7-12/h3-7,19H,1-2,8H2. The van der Waals surface area contributed by atoms with E-state index in [1.165, 1.54) is 12.1 Å². The van der Waals surface area contributed by atoms with E-state index in [0.29, 0.717) is 36.2 Å². The van der Waals surface area contributed by atoms with E-state index in [2.05, 4.69) is 21.2 Å². The number of rotatable bonds is 3. The fourth-order valence-corrected chi connectivity index (χ4v) is 2.95. The second-order valence-electron chi connectivity index (χ2n) is 4.61. The third-order valence-corrected chi connectivity index (χ3v) is 3.82. The van der Waals surface area contributed by atoms with Crippen LogP contribution in [0.25, 0.3) is 0 Å². The molecule has 6 heteroatoms. The van der Waals surface area contributed by atoms with Gasteiger partial charge in [0.25, 0.3) is 0 Å². The fraction of sp³-hybridized carbons (Fsp3) is 0.200. The van der Waals surface area contributed by atoms with Crippen molar-refractivity contribution in [3.8, 4) is 11.5 Å². The minimum atomic E-state index is -0.367. The van der Waals surface area contributed by atoms with Crippen LogP contribution >= 0.6 is 27.5 Å². The summed E-state index contributed by atoms with van der Waals surface area (Å²) in [5, 5.41) is 3.50. The largest absolute Gasteiger partial charge is 0.486 e. The summed E-state index contributed by atoms with van der Waals surface area (Å²) in [7, 11) is 0. The molecular formula is C15H12BrClFNO2. The van der Waals surface area contributed by atoms with Gasteiger partial charge < -0.3 is 14.8 Å². The number of hydrogen-bond acceptors (Lipinski definition) is 3. The molecule has 110 valence electrons. The molecule has 0 atom stereocenters. The molecule has 2 aromatic carbocycles. The van der Waals surface area contributed by atoms with Gasteiger partial charge in [-0.1, -0.05) is 11.6 Å². The average Bonchev–Trinajstić information content (AvgIpc) is 2.44. The predicted molar refractivity (Wildman–Crippen MR) is 83.9 cm³/mol. The van der Waals surface area contributed by atoms with Gasteiger partial charge in [-0.3, -0.25) is 0 Å². The number of hydrogen-bond donors (Lipinski definition) is 1. The molecule has 0 spiro atoms. The highest BCUT2D eigenvalue weighted by molar-refractivity contribution is 9.10. The van der Waals surface area contributed by atoms with Crippen LogP contribution in [0.15, 0.2) is 34.8 Å². The van der Waals surface area contributed by atoms with Crippen LogP contribution in [0.2, 0.25) is 5.02 Å². The lowest BCUT2D eigenvalue weighted by atomic mass is 10.2. The zero-order chi connectivity index (χ0) is 14.8. The van der Waals surface area contributed by atoms with Gasteiger partial charge in [-0.05, 0) is 51.8 Å². The van der Waals surface area contributed by atoms with Gasteiger partial charge in [0, 0.05) is 17.3 Å². The summed E-state index contributed by atoms with van der Waals surface area (Å²) < 4.78 is 25.2. The lowest BCUT2D eigenvalue weighted by molar-refractivity contribution is 0.170. The molecule has 0 fully saturated rings. The smallest absolute Gasteiger partial charge is 0.175 e. The summed E-state index contributed by atoms with van der Waals surface area (Å²) in [5.74, 6) is 1.07. The van der Waals surface area contributed by atoms with Crippen molar-refractivity contribution >= 4 is 33.2 Å². The van der Waals surface area contributed by atoms with E-state index in [-0.39, 0.29) is 5.82 Å². The number of halogens is 3. The molecule has 1 aliphatic rings. The van der Waals surface area contributed by atoms with Crippen molar-refractivity contribution < 1.29 is 13.9 Å². The molecule has 3 rings (SSSR count). The average molecular weight is 373 g/mol. The SMILES string of the molecule is Fc1cc(Cl)cc(NCc2cc(Br)c3c(c2)OCCO3)c1. The first-order valence-electron chi connectivity index (χ1n) is 6.40. The van der Waals surface area contributed by atoms with E-state index in [9.17, 15) is 4.39 Å². The molecule has 2 aromatic rings. The monoisotopic (exact) mass is 371 g/mol. The quantitative estimate of drug-likeness (QED) is 0.852. The molecular weight excluding hydrogens is 361 g/mol. The Morgan fingerprint density at radius 3 is 2.76 bits per heavy atom. The Kier molecular flexibility index (Phi) is 4.22. The van der Waals surface area contributed by atoms with Crippen molar-refractivity contribution in [2.45, 2.75) is 6.54 Å². The van der Waals surface area contributed by atoms with Crippen molar-refractivity contribution in [3.05, 3.63) is 51.2 Å². The summed E-state index contributed by atoms with van der Waals surface area (Å²) in [6, 6.07) is 8.21. The molecule has 0 amide bonds. The van der Waals surface area contributed by atoms with Crippen LogP contribution in [0.3, 0.4) is 0 Å². The van der Waals surface area contributed by atoms with Gasteiger partial charge in [0.15, 0.2) is 11.5 Å². The minimum Gasteiger partial charge on any atom is -0.486 e. The maximum atomic E-state index is 13.3. The van der Waals surface area contributed by atoms with Gasteiger partial charge >= 0.3 is 0 Å². The van der Waals surface area contributed by atoms with Crippen LogP contribution in [0.1, 0.15) is 5.56 Å². The van der Waals surface area contributed by atoms with Gasteiger partial charge in [0.2, 0.25) is 0 Å². The Morgan fingerprint density at radius 1 is 1.14 bits per heavy atom. The molecule has 0 saturated heterocycles. The van der Waals surface area contributed by atoms with Gasteiger partial charge in [-0.15, -0.1) is 0 Å². The molecule has 1 aliphatic heterocycles. The molecule has 0 bridgehead atoms. The van der Waals surface area contributed by atoms with Gasteiger partial charge in [0.1, 0.15) is 19.0 Å². The molecule has 1 heterocycles. The second-order valence-corrected chi connectivity index (χ2v) is 5.90. The van der Waals surface area contributed by atoms with Gasteiger partial charge in [-0.2, -0.15) is 0 Å². The summed E-state index contributed by atoms with van der Waals surface area (Å²) in [4.78, 5) is 0. The first-order chi connectivity index (χ1) is 10.1. The Morgan fingerprint density at radius 2 is 1.95 bits per heavy atom. The van der Waals surface area contributed by atoms with E-state index in [1.54, 1.807) is 6.07 Å². The molecule has 0 radical (unpaired) electrons. The van der Waals surface area contributed by atoms with Crippen LogP contribution in [-0.4, -0.2) is 13.2 Å². The van der Waals surface area contributed by atoms with Crippen molar-refractivity contribution in [1.29, 1.82) is 0 Å². The summed E-state index contributed by atoms with van der Waals surface area (Å²) in [6.45, 7) is 1.61. The summed E-state index contributed by atoms with van der Waals surface area (Å²) in [6.07, 6.45) is 0. The number of anilines is 1. The van der Waals surface area contributed by atoms with E-state index < -0.39 is 0 Å². The predicted octanol–water partition coefficient (Wildman–Crippen LogP) is 4.62. The normalized spacial score (nSPS) is 13.1. The van der Waals surface area contributed by atoms with E-state index in [4.69, 9.17) is 21.1 Å². The zero-order valence-corrected chi connectivity index (χ0v) is 13.3. The Bertz CT molecular complexity index is 661. The van der Waals surface area contributed by atoms with E-state index in [1.807, 2.05) is 12.1 Å². The first-order valence-corrected chi connectivity index (χ1v) is 7.57. The van der Waals surface area contributed by atoms with Crippen molar-refractivity contribution in [2.75, 3.05) is 18.5 Å². The maximum Gasteiger partial charge on any atom is 0.175 e. The zero-order valence-electron chi connectivity index (χ0n) is 11.0. The summed E-state index contributed by atoms with van der Waals surface area (Å²) in [5.41, 5.74) is 1.62. The van der Waals surface area contributed by atoms with E-state index >= 15 is 0 Å². The summed E-state index contributed by atoms with van der Waals surface area (Å²) >= 11 is 9.30. The van der Waals surface area contributed by atoms with Crippen molar-refractivity contribution in [2.24, 2.45) is 0 Å². The van der Waals surface area contributed by atoms with E-state index in [0.717, 1.165) is 15.8 Å². The minimum absolute atomic E-state index is 0.362. The third kappa shape index (κ3) is 3.41. The first kappa shape index (κ1) is 14.5. The number of benzene rings is 2. The molecule has 0 aliphatic carbocycles. The molecule has 0 unspecified atom stereocenters. The van der Waals surface area contributed by atoms with Gasteiger partial charge in [0.05, 0.1) is 4.47 Å².